The molecule has 0 saturated heterocycles. The van der Waals surface area contributed by atoms with Gasteiger partial charge in [0, 0.05) is 0 Å². The average Bonchev–Trinajstić information content (AvgIpc) is 2.95. The standard InChI is InChI=1S/C13H13N5O2/c1-2-20-12-4-3-10(18-8-15-16-9-18)7-11(12)17-13(19)5-6-14/h3-4,7-9H,2,5H2,1H3,(H,17,19). The van der Waals surface area contributed by atoms with Crippen LogP contribution in [-0.2, 0) is 4.79 Å². The molecule has 1 N–H and O–H groups in total. The largest absolute Gasteiger partial charge is 0.492 e. The van der Waals surface area contributed by atoms with Crippen LogP contribution in [0.15, 0.2) is 30.9 Å². The molecule has 0 bridgehead atoms. The molecule has 1 heterocycles. The van der Waals surface area contributed by atoms with Gasteiger partial charge in [0.05, 0.1) is 24.1 Å². The van der Waals surface area contributed by atoms with Crippen molar-refractivity contribution in [2.45, 2.75) is 13.3 Å². The van der Waals surface area contributed by atoms with Crippen LogP contribution in [-0.4, -0.2) is 27.3 Å². The molecule has 2 aromatic rings. The van der Waals surface area contributed by atoms with Gasteiger partial charge >= 0.3 is 0 Å². The Morgan fingerprint density at radius 2 is 2.20 bits per heavy atom. The number of aromatic nitrogens is 3. The predicted octanol–water partition coefficient (Wildman–Crippen LogP) is 1.52. The second-order valence-corrected chi connectivity index (χ2v) is 3.87. The number of nitrogens with one attached hydrogen (secondary N) is 1. The van der Waals surface area contributed by atoms with Crippen LogP contribution in [0, 0.1) is 11.3 Å². The van der Waals surface area contributed by atoms with Crippen molar-refractivity contribution in [3.8, 4) is 17.5 Å². The summed E-state index contributed by atoms with van der Waals surface area (Å²) in [6.07, 6.45) is 2.90. The van der Waals surface area contributed by atoms with Crippen molar-refractivity contribution in [3.63, 3.8) is 0 Å². The van der Waals surface area contributed by atoms with Gasteiger partial charge in [-0.25, -0.2) is 0 Å². The zero-order valence-electron chi connectivity index (χ0n) is 10.9. The van der Waals surface area contributed by atoms with Gasteiger partial charge in [0.1, 0.15) is 24.8 Å². The smallest absolute Gasteiger partial charge is 0.238 e. The second kappa shape index (κ2) is 6.33. The van der Waals surface area contributed by atoms with Crippen molar-refractivity contribution >= 4 is 11.6 Å². The number of anilines is 1. The number of carbonyl (C=O) groups excluding carboxylic acids is 1. The van der Waals surface area contributed by atoms with Gasteiger partial charge in [-0.05, 0) is 25.1 Å². The van der Waals surface area contributed by atoms with Crippen LogP contribution >= 0.6 is 0 Å². The molecule has 0 fully saturated rings. The van der Waals surface area contributed by atoms with Crippen LogP contribution in [0.1, 0.15) is 13.3 Å². The molecule has 0 aliphatic carbocycles. The maximum absolute atomic E-state index is 11.5. The quantitative estimate of drug-likeness (QED) is 0.889. The molecule has 20 heavy (non-hydrogen) atoms. The highest BCUT2D eigenvalue weighted by Gasteiger charge is 2.09. The number of hydrogen-bond acceptors (Lipinski definition) is 5. The minimum Gasteiger partial charge on any atom is -0.492 e. The van der Waals surface area contributed by atoms with Crippen molar-refractivity contribution in [1.29, 1.82) is 5.26 Å². The Kier molecular flexibility index (Phi) is 4.29. The topological polar surface area (TPSA) is 92.8 Å². The van der Waals surface area contributed by atoms with Gasteiger partial charge in [-0.3, -0.25) is 9.36 Å². The van der Waals surface area contributed by atoms with Crippen LogP contribution in [0.25, 0.3) is 5.69 Å². The van der Waals surface area contributed by atoms with E-state index in [9.17, 15) is 4.79 Å². The van der Waals surface area contributed by atoms with E-state index in [0.29, 0.717) is 18.0 Å². The van der Waals surface area contributed by atoms with Crippen molar-refractivity contribution in [3.05, 3.63) is 30.9 Å². The zero-order chi connectivity index (χ0) is 14.4. The summed E-state index contributed by atoms with van der Waals surface area (Å²) in [5, 5.41) is 18.6. The van der Waals surface area contributed by atoms with E-state index in [-0.39, 0.29) is 12.3 Å². The summed E-state index contributed by atoms with van der Waals surface area (Å²) in [7, 11) is 0. The lowest BCUT2D eigenvalue weighted by Crippen LogP contribution is -2.12. The Labute approximate surface area is 115 Å². The van der Waals surface area contributed by atoms with Gasteiger partial charge < -0.3 is 10.1 Å². The minimum absolute atomic E-state index is 0.206. The summed E-state index contributed by atoms with van der Waals surface area (Å²) < 4.78 is 7.15. The number of ether oxygens (including phenoxy) is 1. The Morgan fingerprint density at radius 1 is 1.45 bits per heavy atom. The first-order valence-electron chi connectivity index (χ1n) is 6.03. The maximum Gasteiger partial charge on any atom is 0.238 e. The lowest BCUT2D eigenvalue weighted by molar-refractivity contribution is -0.115. The maximum atomic E-state index is 11.5. The first kappa shape index (κ1) is 13.5. The molecule has 1 aromatic carbocycles. The number of carbonyl (C=O) groups is 1. The third-order valence-corrected chi connectivity index (χ3v) is 2.49. The fourth-order valence-corrected chi connectivity index (χ4v) is 1.66. The summed E-state index contributed by atoms with van der Waals surface area (Å²) in [6, 6.07) is 7.12. The number of nitriles is 1. The Hall–Kier alpha value is -2.88. The third-order valence-electron chi connectivity index (χ3n) is 2.49. The lowest BCUT2D eigenvalue weighted by Gasteiger charge is -2.12. The monoisotopic (exact) mass is 271 g/mol. The normalized spacial score (nSPS) is 9.80. The molecule has 7 nitrogen and oxygen atoms in total. The highest BCUT2D eigenvalue weighted by atomic mass is 16.5. The van der Waals surface area contributed by atoms with Gasteiger partial charge in [-0.1, -0.05) is 0 Å². The molecule has 2 rings (SSSR count). The van der Waals surface area contributed by atoms with E-state index in [4.69, 9.17) is 10.00 Å². The number of amides is 1. The molecule has 102 valence electrons. The van der Waals surface area contributed by atoms with E-state index in [2.05, 4.69) is 15.5 Å². The van der Waals surface area contributed by atoms with E-state index >= 15 is 0 Å². The van der Waals surface area contributed by atoms with Crippen molar-refractivity contribution in [2.75, 3.05) is 11.9 Å². The summed E-state index contributed by atoms with van der Waals surface area (Å²) in [6.45, 7) is 2.33. The van der Waals surface area contributed by atoms with Crippen LogP contribution in [0.4, 0.5) is 5.69 Å². The molecule has 1 amide bonds. The van der Waals surface area contributed by atoms with Gasteiger partial charge in [-0.15, -0.1) is 10.2 Å². The Balaban J connectivity index is 2.32. The highest BCUT2D eigenvalue weighted by molar-refractivity contribution is 5.93. The third kappa shape index (κ3) is 3.11. The Bertz CT molecular complexity index is 631. The van der Waals surface area contributed by atoms with E-state index in [1.54, 1.807) is 35.4 Å². The zero-order valence-corrected chi connectivity index (χ0v) is 10.9. The molecule has 1 aromatic heterocycles. The number of benzene rings is 1. The van der Waals surface area contributed by atoms with Crippen molar-refractivity contribution in [2.24, 2.45) is 0 Å². The van der Waals surface area contributed by atoms with Crippen LogP contribution in [0.5, 0.6) is 5.75 Å². The molecule has 0 aliphatic rings. The van der Waals surface area contributed by atoms with Gasteiger partial charge in [0.15, 0.2) is 0 Å². The second-order valence-electron chi connectivity index (χ2n) is 3.87. The summed E-state index contributed by atoms with van der Waals surface area (Å²) >= 11 is 0. The van der Waals surface area contributed by atoms with Gasteiger partial charge in [-0.2, -0.15) is 5.26 Å². The van der Waals surface area contributed by atoms with Crippen LogP contribution < -0.4 is 10.1 Å². The molecular weight excluding hydrogens is 258 g/mol. The van der Waals surface area contributed by atoms with Gasteiger partial charge in [0.2, 0.25) is 5.91 Å². The molecule has 0 radical (unpaired) electrons. The number of rotatable bonds is 5. The van der Waals surface area contributed by atoms with E-state index in [1.165, 1.54) is 0 Å². The SMILES string of the molecule is CCOc1ccc(-n2cnnc2)cc1NC(=O)CC#N. The first-order valence-corrected chi connectivity index (χ1v) is 6.03. The lowest BCUT2D eigenvalue weighted by atomic mass is 10.2. The van der Waals surface area contributed by atoms with E-state index < -0.39 is 0 Å². The minimum atomic E-state index is -0.380. The molecule has 0 atom stereocenters. The van der Waals surface area contributed by atoms with Gasteiger partial charge in [0.25, 0.3) is 0 Å². The number of hydrogen-bond donors (Lipinski definition) is 1. The molecule has 0 aliphatic heterocycles. The average molecular weight is 271 g/mol. The fraction of sp³-hybridized carbons (Fsp3) is 0.231. The molecule has 0 saturated carbocycles. The predicted molar refractivity (Wildman–Crippen MR) is 71.4 cm³/mol. The first-order chi connectivity index (χ1) is 9.74. The van der Waals surface area contributed by atoms with Crippen molar-refractivity contribution < 1.29 is 9.53 Å². The number of nitrogens with zero attached hydrogens (tertiary/aromatic N) is 4. The van der Waals surface area contributed by atoms with Crippen LogP contribution in [0.3, 0.4) is 0 Å². The summed E-state index contributed by atoms with van der Waals surface area (Å²) in [5.74, 6) is 0.171. The molecule has 7 heteroatoms. The molecule has 0 spiro atoms. The molecule has 0 unspecified atom stereocenters. The summed E-state index contributed by atoms with van der Waals surface area (Å²) in [5.41, 5.74) is 1.30. The molecular formula is C13H13N5O2. The van der Waals surface area contributed by atoms with Crippen molar-refractivity contribution in [1.82, 2.24) is 14.8 Å². The van der Waals surface area contributed by atoms with E-state index in [0.717, 1.165) is 5.69 Å². The fourth-order valence-electron chi connectivity index (χ4n) is 1.66. The summed E-state index contributed by atoms with van der Waals surface area (Å²) in [4.78, 5) is 11.5. The Morgan fingerprint density at radius 3 is 2.85 bits per heavy atom. The van der Waals surface area contributed by atoms with Crippen LogP contribution in [0.2, 0.25) is 0 Å². The highest BCUT2D eigenvalue weighted by Crippen LogP contribution is 2.27. The van der Waals surface area contributed by atoms with E-state index in [1.807, 2.05) is 13.0 Å².